The van der Waals surface area contributed by atoms with E-state index in [-0.39, 0.29) is 0 Å². The minimum Gasteiger partial charge on any atom is -0.296 e. The molecule has 0 aliphatic carbocycles. The van der Waals surface area contributed by atoms with Gasteiger partial charge in [0.25, 0.3) is 0 Å². The van der Waals surface area contributed by atoms with Crippen LogP contribution in [0.1, 0.15) is 42.5 Å². The van der Waals surface area contributed by atoms with Crippen molar-refractivity contribution in [1.82, 2.24) is 20.1 Å². The second kappa shape index (κ2) is 5.54. The molecule has 2 unspecified atom stereocenters. The monoisotopic (exact) mass is 290 g/mol. The first-order valence-corrected chi connectivity index (χ1v) is 7.40. The minimum atomic E-state index is 0.328. The summed E-state index contributed by atoms with van der Waals surface area (Å²) in [5.74, 6) is 2.25. The Labute approximate surface area is 124 Å². The van der Waals surface area contributed by atoms with Gasteiger partial charge >= 0.3 is 0 Å². The van der Waals surface area contributed by atoms with Crippen LogP contribution in [0.25, 0.3) is 0 Å². The number of aromatic amines is 1. The van der Waals surface area contributed by atoms with Gasteiger partial charge in [0.05, 0.1) is 0 Å². The number of nitrogens with zero attached hydrogens (tertiary/aromatic N) is 3. The molecule has 1 N–H and O–H groups in total. The highest BCUT2D eigenvalue weighted by Gasteiger charge is 2.30. The third kappa shape index (κ3) is 2.58. The lowest BCUT2D eigenvalue weighted by atomic mass is 10.1. The summed E-state index contributed by atoms with van der Waals surface area (Å²) in [6.45, 7) is 6.21. The summed E-state index contributed by atoms with van der Waals surface area (Å²) in [6, 6.07) is 8.41. The van der Waals surface area contributed by atoms with Crippen molar-refractivity contribution >= 4 is 11.6 Å². The van der Waals surface area contributed by atoms with E-state index in [0.29, 0.717) is 12.0 Å². The van der Waals surface area contributed by atoms with E-state index < -0.39 is 0 Å². The van der Waals surface area contributed by atoms with Crippen molar-refractivity contribution in [2.45, 2.75) is 32.2 Å². The molecule has 1 saturated heterocycles. The SMILES string of the molecule is Cc1nc(C2CCN(C(C)c3ccccc3Cl)C2)n[nH]1. The third-order valence-electron chi connectivity index (χ3n) is 4.10. The minimum absolute atomic E-state index is 0.328. The Bertz CT molecular complexity index is 595. The molecule has 1 fully saturated rings. The van der Waals surface area contributed by atoms with Gasteiger partial charge in [-0.3, -0.25) is 10.00 Å². The van der Waals surface area contributed by atoms with Crippen molar-refractivity contribution in [2.75, 3.05) is 13.1 Å². The maximum atomic E-state index is 6.30. The number of aromatic nitrogens is 3. The van der Waals surface area contributed by atoms with Crippen molar-refractivity contribution in [3.63, 3.8) is 0 Å². The van der Waals surface area contributed by atoms with Crippen LogP contribution >= 0.6 is 11.6 Å². The van der Waals surface area contributed by atoms with Gasteiger partial charge in [0.2, 0.25) is 0 Å². The second-order valence-electron chi connectivity index (χ2n) is 5.46. The third-order valence-corrected chi connectivity index (χ3v) is 4.45. The van der Waals surface area contributed by atoms with Crippen molar-refractivity contribution in [1.29, 1.82) is 0 Å². The molecule has 0 radical (unpaired) electrons. The van der Waals surface area contributed by atoms with Crippen LogP contribution in [-0.4, -0.2) is 33.2 Å². The van der Waals surface area contributed by atoms with E-state index in [2.05, 4.69) is 33.1 Å². The van der Waals surface area contributed by atoms with E-state index in [9.17, 15) is 0 Å². The van der Waals surface area contributed by atoms with E-state index in [1.165, 1.54) is 5.56 Å². The molecule has 1 aromatic carbocycles. The number of nitrogens with one attached hydrogen (secondary N) is 1. The molecule has 0 saturated carbocycles. The van der Waals surface area contributed by atoms with Gasteiger partial charge in [-0.25, -0.2) is 4.98 Å². The molecule has 0 bridgehead atoms. The molecule has 1 aliphatic heterocycles. The molecule has 3 rings (SSSR count). The summed E-state index contributed by atoms with van der Waals surface area (Å²) in [5, 5.41) is 8.07. The van der Waals surface area contributed by atoms with Crippen molar-refractivity contribution < 1.29 is 0 Å². The van der Waals surface area contributed by atoms with Gasteiger partial charge in [0.1, 0.15) is 5.82 Å². The average molecular weight is 291 g/mol. The van der Waals surface area contributed by atoms with E-state index in [1.807, 2.05) is 25.1 Å². The molecule has 1 aromatic heterocycles. The molecule has 0 spiro atoms. The van der Waals surface area contributed by atoms with Crippen LogP contribution in [-0.2, 0) is 0 Å². The number of halogens is 1. The first-order valence-electron chi connectivity index (χ1n) is 7.02. The molecular weight excluding hydrogens is 272 g/mol. The van der Waals surface area contributed by atoms with Crippen LogP contribution in [0, 0.1) is 6.92 Å². The molecule has 2 aromatic rings. The normalized spacial score (nSPS) is 21.2. The van der Waals surface area contributed by atoms with Crippen LogP contribution in [0.4, 0.5) is 0 Å². The summed E-state index contributed by atoms with van der Waals surface area (Å²) < 4.78 is 0. The molecule has 1 aliphatic rings. The number of hydrogen-bond acceptors (Lipinski definition) is 3. The number of H-pyrrole nitrogens is 1. The number of benzene rings is 1. The van der Waals surface area contributed by atoms with Crippen LogP contribution < -0.4 is 0 Å². The quantitative estimate of drug-likeness (QED) is 0.943. The summed E-state index contributed by atoms with van der Waals surface area (Å²) in [6.07, 6.45) is 1.10. The van der Waals surface area contributed by atoms with Gasteiger partial charge in [-0.2, -0.15) is 5.10 Å². The molecule has 106 valence electrons. The maximum Gasteiger partial charge on any atom is 0.155 e. The Kier molecular flexibility index (Phi) is 3.76. The van der Waals surface area contributed by atoms with Crippen LogP contribution in [0.3, 0.4) is 0 Å². The topological polar surface area (TPSA) is 44.8 Å². The van der Waals surface area contributed by atoms with Gasteiger partial charge in [0, 0.05) is 23.5 Å². The molecule has 20 heavy (non-hydrogen) atoms. The highest BCUT2D eigenvalue weighted by Crippen LogP contribution is 2.33. The van der Waals surface area contributed by atoms with Gasteiger partial charge < -0.3 is 0 Å². The standard InChI is InChI=1S/C15H19ClN4/c1-10(13-5-3-4-6-14(13)16)20-8-7-12(9-20)15-17-11(2)18-19-15/h3-6,10,12H,7-9H2,1-2H3,(H,17,18,19). The lowest BCUT2D eigenvalue weighted by Gasteiger charge is -2.25. The van der Waals surface area contributed by atoms with Crippen molar-refractivity contribution in [3.05, 3.63) is 46.5 Å². The van der Waals surface area contributed by atoms with Gasteiger partial charge in [-0.15, -0.1) is 0 Å². The lowest BCUT2D eigenvalue weighted by Crippen LogP contribution is -2.24. The molecule has 2 atom stereocenters. The molecule has 4 nitrogen and oxygen atoms in total. The largest absolute Gasteiger partial charge is 0.296 e. The number of rotatable bonds is 3. The van der Waals surface area contributed by atoms with Crippen molar-refractivity contribution in [2.24, 2.45) is 0 Å². The summed E-state index contributed by atoms with van der Waals surface area (Å²) in [5.41, 5.74) is 1.20. The van der Waals surface area contributed by atoms with E-state index in [1.54, 1.807) is 0 Å². The summed E-state index contributed by atoms with van der Waals surface area (Å²) in [4.78, 5) is 6.91. The number of aryl methyl sites for hydroxylation is 1. The number of hydrogen-bond donors (Lipinski definition) is 1. The van der Waals surface area contributed by atoms with Crippen LogP contribution in [0.5, 0.6) is 0 Å². The Morgan fingerprint density at radius 3 is 2.90 bits per heavy atom. The van der Waals surface area contributed by atoms with Gasteiger partial charge in [0.15, 0.2) is 5.82 Å². The fourth-order valence-corrected chi connectivity index (χ4v) is 3.20. The fourth-order valence-electron chi connectivity index (χ4n) is 2.90. The first kappa shape index (κ1) is 13.6. The second-order valence-corrected chi connectivity index (χ2v) is 5.86. The highest BCUT2D eigenvalue weighted by atomic mass is 35.5. The van der Waals surface area contributed by atoms with Crippen LogP contribution in [0.2, 0.25) is 5.02 Å². The molecular formula is C15H19ClN4. The smallest absolute Gasteiger partial charge is 0.155 e. The highest BCUT2D eigenvalue weighted by molar-refractivity contribution is 6.31. The average Bonchev–Trinajstić information content (AvgIpc) is 3.07. The van der Waals surface area contributed by atoms with Crippen molar-refractivity contribution in [3.8, 4) is 0 Å². The number of likely N-dealkylation sites (tertiary alicyclic amines) is 1. The molecule has 0 amide bonds. The van der Waals surface area contributed by atoms with E-state index >= 15 is 0 Å². The predicted octanol–water partition coefficient (Wildman–Crippen LogP) is 3.32. The summed E-state index contributed by atoms with van der Waals surface area (Å²) in [7, 11) is 0. The fraction of sp³-hybridized carbons (Fsp3) is 0.467. The Hall–Kier alpha value is -1.39. The Morgan fingerprint density at radius 2 is 2.20 bits per heavy atom. The van der Waals surface area contributed by atoms with Crippen LogP contribution in [0.15, 0.2) is 24.3 Å². The van der Waals surface area contributed by atoms with E-state index in [4.69, 9.17) is 11.6 Å². The Morgan fingerprint density at radius 1 is 1.40 bits per heavy atom. The zero-order valence-corrected chi connectivity index (χ0v) is 12.6. The van der Waals surface area contributed by atoms with E-state index in [0.717, 1.165) is 36.2 Å². The molecule has 5 heteroatoms. The maximum absolute atomic E-state index is 6.30. The Balaban J connectivity index is 1.72. The zero-order chi connectivity index (χ0) is 14.1. The first-order chi connectivity index (χ1) is 9.65. The predicted molar refractivity (Wildman–Crippen MR) is 79.9 cm³/mol. The van der Waals surface area contributed by atoms with Gasteiger partial charge in [-0.05, 0) is 38.4 Å². The molecule has 2 heterocycles. The zero-order valence-electron chi connectivity index (χ0n) is 11.8. The lowest BCUT2D eigenvalue weighted by molar-refractivity contribution is 0.259. The van der Waals surface area contributed by atoms with Gasteiger partial charge in [-0.1, -0.05) is 29.8 Å². The summed E-state index contributed by atoms with van der Waals surface area (Å²) >= 11 is 6.30.